The molecule has 2 rings (SSSR count). The van der Waals surface area contributed by atoms with Crippen LogP contribution in [0.2, 0.25) is 0 Å². The molecule has 110 valence electrons. The van der Waals surface area contributed by atoms with Crippen LogP contribution in [0.1, 0.15) is 12.5 Å². The highest BCUT2D eigenvalue weighted by Crippen LogP contribution is 2.20. The largest absolute Gasteiger partial charge is 0.618 e. The number of nitrogens with two attached hydrogens (primary N) is 1. The van der Waals surface area contributed by atoms with Crippen LogP contribution in [0.5, 0.6) is 0 Å². The van der Waals surface area contributed by atoms with E-state index < -0.39 is 6.04 Å². The fourth-order valence-corrected chi connectivity index (χ4v) is 2.49. The van der Waals surface area contributed by atoms with Gasteiger partial charge in [0.2, 0.25) is 5.91 Å². The molecule has 2 aromatic rings. The lowest BCUT2D eigenvalue weighted by Gasteiger charge is -2.08. The van der Waals surface area contributed by atoms with Gasteiger partial charge in [-0.05, 0) is 30.7 Å². The molecule has 0 saturated carbocycles. The number of hydrogen-bond acceptors (Lipinski definition) is 4. The van der Waals surface area contributed by atoms with E-state index in [1.807, 2.05) is 30.3 Å². The SMILES string of the molecule is C[C@H](N)C(=O)Nc1ccc(CSc2cccc[n+]2[O-])cc1. The number of thioether (sulfide) groups is 1. The van der Waals surface area contributed by atoms with Gasteiger partial charge in [0.15, 0.2) is 6.20 Å². The summed E-state index contributed by atoms with van der Waals surface area (Å²) in [6, 6.07) is 12.3. The van der Waals surface area contributed by atoms with Crippen molar-refractivity contribution < 1.29 is 9.52 Å². The van der Waals surface area contributed by atoms with Gasteiger partial charge in [0, 0.05) is 23.6 Å². The van der Waals surface area contributed by atoms with Crippen molar-refractivity contribution >= 4 is 23.4 Å². The highest BCUT2D eigenvalue weighted by molar-refractivity contribution is 7.98. The predicted molar refractivity (Wildman–Crippen MR) is 83.7 cm³/mol. The van der Waals surface area contributed by atoms with E-state index in [1.165, 1.54) is 18.0 Å². The minimum absolute atomic E-state index is 0.214. The van der Waals surface area contributed by atoms with Crippen LogP contribution in [-0.4, -0.2) is 11.9 Å². The van der Waals surface area contributed by atoms with E-state index in [1.54, 1.807) is 19.1 Å². The Bertz CT molecular complexity index is 615. The van der Waals surface area contributed by atoms with Crippen LogP contribution in [0.15, 0.2) is 53.7 Å². The summed E-state index contributed by atoms with van der Waals surface area (Å²) in [5.74, 6) is 0.474. The topological polar surface area (TPSA) is 82.1 Å². The van der Waals surface area contributed by atoms with Crippen molar-refractivity contribution in [2.45, 2.75) is 23.7 Å². The number of rotatable bonds is 5. The molecule has 21 heavy (non-hydrogen) atoms. The van der Waals surface area contributed by atoms with Gasteiger partial charge in [-0.25, -0.2) is 0 Å². The molecule has 0 aliphatic carbocycles. The number of anilines is 1. The number of carbonyl (C=O) groups excluding carboxylic acids is 1. The monoisotopic (exact) mass is 303 g/mol. The Morgan fingerprint density at radius 1 is 1.33 bits per heavy atom. The molecule has 1 aromatic carbocycles. The van der Waals surface area contributed by atoms with Crippen LogP contribution < -0.4 is 15.8 Å². The Morgan fingerprint density at radius 2 is 2.05 bits per heavy atom. The molecule has 1 amide bonds. The molecule has 0 aliphatic rings. The molecule has 0 spiro atoms. The lowest BCUT2D eigenvalue weighted by Crippen LogP contribution is -2.32. The molecule has 0 bridgehead atoms. The lowest BCUT2D eigenvalue weighted by molar-refractivity contribution is -0.645. The number of carbonyl (C=O) groups is 1. The summed E-state index contributed by atoms with van der Waals surface area (Å²) >= 11 is 1.47. The molecule has 6 heteroatoms. The standard InChI is InChI=1S/C15H17N3O2S/c1-11(16)15(19)17-13-7-5-12(6-8-13)10-21-14-4-2-3-9-18(14)20/h2-9,11H,10,16H2,1H3,(H,17,19)/t11-/m0/s1. The highest BCUT2D eigenvalue weighted by Gasteiger charge is 2.08. The molecule has 1 heterocycles. The first kappa shape index (κ1) is 15.3. The number of benzene rings is 1. The van der Waals surface area contributed by atoms with Gasteiger partial charge in [-0.3, -0.25) is 4.79 Å². The molecular formula is C15H17N3O2S. The minimum atomic E-state index is -0.536. The maximum Gasteiger partial charge on any atom is 0.251 e. The predicted octanol–water partition coefficient (Wildman–Crippen LogP) is 1.90. The van der Waals surface area contributed by atoms with Gasteiger partial charge < -0.3 is 16.3 Å². The van der Waals surface area contributed by atoms with E-state index in [9.17, 15) is 10.0 Å². The Balaban J connectivity index is 1.94. The van der Waals surface area contributed by atoms with Crippen LogP contribution in [-0.2, 0) is 10.5 Å². The van der Waals surface area contributed by atoms with Gasteiger partial charge in [0.25, 0.3) is 5.03 Å². The number of amides is 1. The normalized spacial score (nSPS) is 11.9. The van der Waals surface area contributed by atoms with Gasteiger partial charge in [-0.1, -0.05) is 23.9 Å². The minimum Gasteiger partial charge on any atom is -0.618 e. The van der Waals surface area contributed by atoms with Crippen molar-refractivity contribution in [1.29, 1.82) is 0 Å². The van der Waals surface area contributed by atoms with Crippen molar-refractivity contribution in [2.75, 3.05) is 5.32 Å². The molecule has 3 N–H and O–H groups in total. The van der Waals surface area contributed by atoms with E-state index in [0.29, 0.717) is 16.5 Å². The van der Waals surface area contributed by atoms with Crippen LogP contribution in [0.25, 0.3) is 0 Å². The van der Waals surface area contributed by atoms with Crippen molar-refractivity contribution in [3.05, 3.63) is 59.4 Å². The van der Waals surface area contributed by atoms with Gasteiger partial charge in [0.05, 0.1) is 6.04 Å². The molecular weight excluding hydrogens is 286 g/mol. The second kappa shape index (κ2) is 7.10. The second-order valence-electron chi connectivity index (χ2n) is 4.63. The van der Waals surface area contributed by atoms with Gasteiger partial charge in [-0.2, -0.15) is 4.73 Å². The van der Waals surface area contributed by atoms with Crippen molar-refractivity contribution in [1.82, 2.24) is 0 Å². The highest BCUT2D eigenvalue weighted by atomic mass is 32.2. The maximum absolute atomic E-state index is 11.5. The third-order valence-electron chi connectivity index (χ3n) is 2.81. The van der Waals surface area contributed by atoms with E-state index in [0.717, 1.165) is 10.3 Å². The molecule has 0 fully saturated rings. The van der Waals surface area contributed by atoms with Gasteiger partial charge in [0.1, 0.15) is 0 Å². The fraction of sp³-hybridized carbons (Fsp3) is 0.200. The molecule has 1 atom stereocenters. The number of nitrogens with zero attached hydrogens (tertiary/aromatic N) is 1. The van der Waals surface area contributed by atoms with Crippen LogP contribution in [0, 0.1) is 5.21 Å². The second-order valence-corrected chi connectivity index (χ2v) is 5.62. The summed E-state index contributed by atoms with van der Waals surface area (Å²) in [7, 11) is 0. The third kappa shape index (κ3) is 4.47. The molecule has 0 unspecified atom stereocenters. The third-order valence-corrected chi connectivity index (χ3v) is 3.90. The summed E-state index contributed by atoms with van der Waals surface area (Å²) in [4.78, 5) is 11.5. The van der Waals surface area contributed by atoms with Crippen LogP contribution in [0.3, 0.4) is 0 Å². The van der Waals surface area contributed by atoms with Crippen molar-refractivity contribution in [3.8, 4) is 0 Å². The Kier molecular flexibility index (Phi) is 5.19. The first-order chi connectivity index (χ1) is 10.1. The van der Waals surface area contributed by atoms with Gasteiger partial charge in [-0.15, -0.1) is 0 Å². The summed E-state index contributed by atoms with van der Waals surface area (Å²) in [5, 5.41) is 14.9. The Labute approximate surface area is 127 Å². The number of pyridine rings is 1. The molecule has 5 nitrogen and oxygen atoms in total. The van der Waals surface area contributed by atoms with E-state index in [2.05, 4.69) is 5.32 Å². The van der Waals surface area contributed by atoms with Gasteiger partial charge >= 0.3 is 0 Å². The lowest BCUT2D eigenvalue weighted by atomic mass is 10.2. The summed E-state index contributed by atoms with van der Waals surface area (Å²) in [6.45, 7) is 1.64. The number of aromatic nitrogens is 1. The average molecular weight is 303 g/mol. The molecule has 0 aliphatic heterocycles. The van der Waals surface area contributed by atoms with Crippen LogP contribution >= 0.6 is 11.8 Å². The summed E-state index contributed by atoms with van der Waals surface area (Å²) in [6.07, 6.45) is 1.48. The van der Waals surface area contributed by atoms with E-state index in [4.69, 9.17) is 5.73 Å². The van der Waals surface area contributed by atoms with E-state index >= 15 is 0 Å². The Hall–Kier alpha value is -2.05. The molecule has 0 saturated heterocycles. The maximum atomic E-state index is 11.5. The van der Waals surface area contributed by atoms with E-state index in [-0.39, 0.29) is 5.91 Å². The number of nitrogens with one attached hydrogen (secondary N) is 1. The Morgan fingerprint density at radius 3 is 2.67 bits per heavy atom. The number of hydrogen-bond donors (Lipinski definition) is 2. The average Bonchev–Trinajstić information content (AvgIpc) is 2.48. The molecule has 0 radical (unpaired) electrons. The smallest absolute Gasteiger partial charge is 0.251 e. The zero-order valence-corrected chi connectivity index (χ0v) is 12.5. The fourth-order valence-electron chi connectivity index (χ4n) is 1.62. The van der Waals surface area contributed by atoms with Crippen molar-refractivity contribution in [3.63, 3.8) is 0 Å². The first-order valence-corrected chi connectivity index (χ1v) is 7.51. The summed E-state index contributed by atoms with van der Waals surface area (Å²) in [5.41, 5.74) is 7.28. The molecule has 1 aromatic heterocycles. The first-order valence-electron chi connectivity index (χ1n) is 6.52. The van der Waals surface area contributed by atoms with Crippen LogP contribution in [0.4, 0.5) is 5.69 Å². The zero-order chi connectivity index (χ0) is 15.2. The summed E-state index contributed by atoms with van der Waals surface area (Å²) < 4.78 is 0.849. The van der Waals surface area contributed by atoms with Crippen molar-refractivity contribution in [2.24, 2.45) is 5.73 Å². The zero-order valence-electron chi connectivity index (χ0n) is 11.7. The quantitative estimate of drug-likeness (QED) is 0.502.